The molecular formula is C39H43Cl2NO4Si. The summed E-state index contributed by atoms with van der Waals surface area (Å²) in [5.74, 6) is -1.91. The molecule has 1 aliphatic rings. The van der Waals surface area contributed by atoms with Gasteiger partial charge in [0.25, 0.3) is 8.32 Å². The molecule has 0 bridgehead atoms. The minimum Gasteiger partial charge on any atom is -0.480 e. The molecule has 5 rings (SSSR count). The molecule has 5 nitrogen and oxygen atoms in total. The van der Waals surface area contributed by atoms with E-state index in [1.807, 2.05) is 90.7 Å². The van der Waals surface area contributed by atoms with Gasteiger partial charge in [0, 0.05) is 16.0 Å². The van der Waals surface area contributed by atoms with Crippen LogP contribution in [0.15, 0.2) is 109 Å². The van der Waals surface area contributed by atoms with Gasteiger partial charge in [0.2, 0.25) is 5.91 Å². The molecule has 0 radical (unpaired) electrons. The Bertz CT molecular complexity index is 1650. The van der Waals surface area contributed by atoms with E-state index in [1.165, 1.54) is 0 Å². The summed E-state index contributed by atoms with van der Waals surface area (Å²) >= 11 is 12.8. The summed E-state index contributed by atoms with van der Waals surface area (Å²) in [6, 6.07) is 34.9. The first-order valence-electron chi connectivity index (χ1n) is 16.2. The standard InChI is InChI=1S/C39H43Cl2NO4Si/c1-6-31(26-46-47(38(2,3)4,32-16-9-7-10-17-32)33-18-11-8-12-19-33)42-35(27-20-22-29(40)23-21-27)34(28-14-13-15-30(41)24-28)25-39(5,36(42)43)37(44)45/h7-24,31,34-35H,6,25-26H2,1-5H3,(H,44,45)/t31?,34-,35-,39+/m1/s1. The smallest absolute Gasteiger partial charge is 0.318 e. The molecular weight excluding hydrogens is 645 g/mol. The van der Waals surface area contributed by atoms with E-state index < -0.39 is 37.7 Å². The predicted octanol–water partition coefficient (Wildman–Crippen LogP) is 8.50. The SMILES string of the molecule is CCC(CO[Si](c1ccccc1)(c1ccccc1)C(C)(C)C)N1C(=O)[C@@](C)(C(=O)O)C[C@H](c2cccc(Cl)c2)[C@H]1c1ccc(Cl)cc1. The number of rotatable bonds is 10. The Balaban J connectivity index is 1.68. The number of hydrogen-bond acceptors (Lipinski definition) is 3. The number of carbonyl (C=O) groups is 2. The lowest BCUT2D eigenvalue weighted by molar-refractivity contribution is -0.170. The fraction of sp³-hybridized carbons (Fsp3) is 0.333. The van der Waals surface area contributed by atoms with Crippen LogP contribution in [0.25, 0.3) is 0 Å². The first kappa shape index (κ1) is 34.9. The quantitative estimate of drug-likeness (QED) is 0.134. The van der Waals surface area contributed by atoms with Crippen LogP contribution in [0.4, 0.5) is 0 Å². The van der Waals surface area contributed by atoms with Crippen molar-refractivity contribution >= 4 is 53.8 Å². The van der Waals surface area contributed by atoms with Gasteiger partial charge in [-0.05, 0) is 70.6 Å². The largest absolute Gasteiger partial charge is 0.480 e. The second kappa shape index (κ2) is 14.0. The maximum absolute atomic E-state index is 14.7. The third kappa shape index (κ3) is 6.66. The van der Waals surface area contributed by atoms with Gasteiger partial charge in [0.15, 0.2) is 0 Å². The van der Waals surface area contributed by atoms with E-state index in [-0.39, 0.29) is 24.0 Å². The first-order valence-corrected chi connectivity index (χ1v) is 18.8. The summed E-state index contributed by atoms with van der Waals surface area (Å²) in [6.45, 7) is 10.5. The van der Waals surface area contributed by atoms with E-state index in [1.54, 1.807) is 13.0 Å². The highest BCUT2D eigenvalue weighted by Crippen LogP contribution is 2.51. The lowest BCUT2D eigenvalue weighted by Crippen LogP contribution is -2.68. The fourth-order valence-electron chi connectivity index (χ4n) is 7.28. The van der Waals surface area contributed by atoms with Gasteiger partial charge >= 0.3 is 5.97 Å². The summed E-state index contributed by atoms with van der Waals surface area (Å²) in [6.07, 6.45) is 0.684. The van der Waals surface area contributed by atoms with E-state index in [0.717, 1.165) is 21.5 Å². The molecule has 0 spiro atoms. The van der Waals surface area contributed by atoms with E-state index in [0.29, 0.717) is 16.5 Å². The van der Waals surface area contributed by atoms with Crippen molar-refractivity contribution in [1.82, 2.24) is 4.90 Å². The Kier molecular flexibility index (Phi) is 10.4. The van der Waals surface area contributed by atoms with Crippen LogP contribution in [0.2, 0.25) is 15.1 Å². The second-order valence-electron chi connectivity index (χ2n) is 13.7. The van der Waals surface area contributed by atoms with Crippen molar-refractivity contribution in [3.05, 3.63) is 130 Å². The van der Waals surface area contributed by atoms with Crippen molar-refractivity contribution < 1.29 is 19.1 Å². The average molecular weight is 689 g/mol. The molecule has 4 aromatic carbocycles. The molecule has 1 N–H and O–H groups in total. The zero-order valence-corrected chi connectivity index (χ0v) is 30.1. The Morgan fingerprint density at radius 3 is 1.96 bits per heavy atom. The van der Waals surface area contributed by atoms with Crippen molar-refractivity contribution in [3.8, 4) is 0 Å². The number of benzene rings is 4. The number of aliphatic carboxylic acids is 1. The zero-order chi connectivity index (χ0) is 34.0. The van der Waals surface area contributed by atoms with Gasteiger partial charge in [-0.25, -0.2) is 0 Å². The Morgan fingerprint density at radius 2 is 1.47 bits per heavy atom. The lowest BCUT2D eigenvalue weighted by Gasteiger charge is -2.51. The third-order valence-electron chi connectivity index (χ3n) is 9.75. The van der Waals surface area contributed by atoms with E-state index in [9.17, 15) is 14.7 Å². The fourth-order valence-corrected chi connectivity index (χ4v) is 12.2. The highest BCUT2D eigenvalue weighted by Gasteiger charge is 2.56. The van der Waals surface area contributed by atoms with E-state index in [4.69, 9.17) is 27.6 Å². The Morgan fingerprint density at radius 1 is 0.894 bits per heavy atom. The van der Waals surface area contributed by atoms with Gasteiger partial charge in [-0.1, -0.05) is 136 Å². The number of carboxylic acids is 1. The monoisotopic (exact) mass is 687 g/mol. The number of hydrogen-bond donors (Lipinski definition) is 1. The van der Waals surface area contributed by atoms with Crippen molar-refractivity contribution in [3.63, 3.8) is 0 Å². The number of likely N-dealkylation sites (tertiary alicyclic amines) is 1. The Labute approximate surface area is 289 Å². The molecule has 1 unspecified atom stereocenters. The molecule has 1 saturated heterocycles. The van der Waals surface area contributed by atoms with E-state index >= 15 is 0 Å². The summed E-state index contributed by atoms with van der Waals surface area (Å²) in [5.41, 5.74) is 0.107. The number of nitrogens with zero attached hydrogens (tertiary/aromatic N) is 1. The normalized spacial score (nSPS) is 21.0. The Hall–Kier alpha value is -3.42. The number of amides is 1. The maximum atomic E-state index is 14.7. The van der Waals surface area contributed by atoms with Crippen LogP contribution in [0.5, 0.6) is 0 Å². The molecule has 0 aliphatic carbocycles. The van der Waals surface area contributed by atoms with Crippen LogP contribution in [0.3, 0.4) is 0 Å². The first-order chi connectivity index (χ1) is 22.3. The summed E-state index contributed by atoms with van der Waals surface area (Å²) in [4.78, 5) is 29.5. The lowest BCUT2D eigenvalue weighted by atomic mass is 9.68. The van der Waals surface area contributed by atoms with Crippen LogP contribution in [0.1, 0.15) is 70.5 Å². The van der Waals surface area contributed by atoms with Crippen LogP contribution in [-0.4, -0.2) is 42.8 Å². The topological polar surface area (TPSA) is 66.8 Å². The minimum atomic E-state index is -2.96. The van der Waals surface area contributed by atoms with Crippen LogP contribution < -0.4 is 10.4 Å². The minimum absolute atomic E-state index is 0.122. The number of carboxylic acid groups (broad SMARTS) is 1. The zero-order valence-electron chi connectivity index (χ0n) is 27.6. The molecule has 246 valence electrons. The van der Waals surface area contributed by atoms with Gasteiger partial charge in [-0.2, -0.15) is 0 Å². The van der Waals surface area contributed by atoms with Crippen LogP contribution >= 0.6 is 23.2 Å². The van der Waals surface area contributed by atoms with E-state index in [2.05, 4.69) is 45.0 Å². The van der Waals surface area contributed by atoms with Gasteiger partial charge in [0.1, 0.15) is 5.41 Å². The number of carbonyl (C=O) groups excluding carboxylic acids is 1. The molecule has 4 aromatic rings. The van der Waals surface area contributed by atoms with Crippen LogP contribution in [-0.2, 0) is 14.0 Å². The number of piperidine rings is 1. The van der Waals surface area contributed by atoms with Crippen LogP contribution in [0, 0.1) is 5.41 Å². The molecule has 8 heteroatoms. The summed E-state index contributed by atoms with van der Waals surface area (Å²) in [7, 11) is -2.96. The molecule has 1 fully saturated rings. The van der Waals surface area contributed by atoms with Gasteiger partial charge in [-0.3, -0.25) is 9.59 Å². The summed E-state index contributed by atoms with van der Waals surface area (Å²) < 4.78 is 7.37. The van der Waals surface area contributed by atoms with Crippen molar-refractivity contribution in [2.24, 2.45) is 5.41 Å². The number of halogens is 2. The van der Waals surface area contributed by atoms with Gasteiger partial charge < -0.3 is 14.4 Å². The van der Waals surface area contributed by atoms with Crippen molar-refractivity contribution in [2.45, 2.75) is 70.5 Å². The molecule has 4 atom stereocenters. The molecule has 1 amide bonds. The second-order valence-corrected chi connectivity index (χ2v) is 18.9. The highest BCUT2D eigenvalue weighted by atomic mass is 35.5. The molecule has 1 aliphatic heterocycles. The molecule has 0 saturated carbocycles. The maximum Gasteiger partial charge on any atom is 0.318 e. The predicted molar refractivity (Wildman–Crippen MR) is 193 cm³/mol. The van der Waals surface area contributed by atoms with Crippen molar-refractivity contribution in [1.29, 1.82) is 0 Å². The van der Waals surface area contributed by atoms with Crippen molar-refractivity contribution in [2.75, 3.05) is 6.61 Å². The molecule has 1 heterocycles. The third-order valence-corrected chi connectivity index (χ3v) is 15.2. The highest BCUT2D eigenvalue weighted by molar-refractivity contribution is 6.99. The summed E-state index contributed by atoms with van der Waals surface area (Å²) in [5, 5.41) is 13.7. The molecule has 0 aromatic heterocycles. The molecule has 47 heavy (non-hydrogen) atoms. The average Bonchev–Trinajstić information content (AvgIpc) is 3.05. The van der Waals surface area contributed by atoms with Gasteiger partial charge in [-0.15, -0.1) is 0 Å². The van der Waals surface area contributed by atoms with Gasteiger partial charge in [0.05, 0.1) is 18.7 Å².